The van der Waals surface area contributed by atoms with Crippen molar-refractivity contribution in [1.29, 1.82) is 0 Å². The van der Waals surface area contributed by atoms with Crippen LogP contribution in [0.15, 0.2) is 48.5 Å². The summed E-state index contributed by atoms with van der Waals surface area (Å²) in [7, 11) is 0. The van der Waals surface area contributed by atoms with Gasteiger partial charge in [-0.3, -0.25) is 4.79 Å². The molecule has 2 N–H and O–H groups in total. The molecule has 2 aromatic carbocycles. The van der Waals surface area contributed by atoms with Crippen LogP contribution in [-0.2, 0) is 6.42 Å². The summed E-state index contributed by atoms with van der Waals surface area (Å²) in [6.07, 6.45) is 0.550. The zero-order chi connectivity index (χ0) is 15.2. The predicted molar refractivity (Wildman–Crippen MR) is 84.9 cm³/mol. The minimum atomic E-state index is -0.369. The summed E-state index contributed by atoms with van der Waals surface area (Å²) in [6.45, 7) is -0.147. The molecule has 0 saturated heterocycles. The van der Waals surface area contributed by atoms with Gasteiger partial charge in [0, 0.05) is 5.02 Å². The smallest absolute Gasteiger partial charge is 0.253 e. The number of benzene rings is 2. The molecule has 2 aromatic rings. The van der Waals surface area contributed by atoms with Crippen LogP contribution in [0.25, 0.3) is 0 Å². The fourth-order valence-electron chi connectivity index (χ4n) is 2.00. The molecule has 1 atom stereocenters. The molecule has 0 bridgehead atoms. The molecule has 0 fully saturated rings. The lowest BCUT2D eigenvalue weighted by Gasteiger charge is -2.17. The second-order valence-corrected chi connectivity index (χ2v) is 5.51. The van der Waals surface area contributed by atoms with Crippen molar-refractivity contribution >= 4 is 29.1 Å². The van der Waals surface area contributed by atoms with Crippen molar-refractivity contribution in [2.45, 2.75) is 12.5 Å². The maximum absolute atomic E-state index is 12.2. The van der Waals surface area contributed by atoms with Gasteiger partial charge in [0.1, 0.15) is 0 Å². The van der Waals surface area contributed by atoms with Gasteiger partial charge in [-0.15, -0.1) is 0 Å². The molecule has 0 aliphatic rings. The van der Waals surface area contributed by atoms with E-state index in [2.05, 4.69) is 5.32 Å². The molecule has 0 saturated carbocycles. The third-order valence-electron chi connectivity index (χ3n) is 3.06. The minimum absolute atomic E-state index is 0.147. The van der Waals surface area contributed by atoms with Gasteiger partial charge < -0.3 is 10.4 Å². The van der Waals surface area contributed by atoms with Crippen molar-refractivity contribution in [2.75, 3.05) is 6.61 Å². The Balaban J connectivity index is 2.06. The first-order valence-corrected chi connectivity index (χ1v) is 7.26. The first-order chi connectivity index (χ1) is 10.1. The van der Waals surface area contributed by atoms with Gasteiger partial charge in [0.05, 0.1) is 23.2 Å². The summed E-state index contributed by atoms with van der Waals surface area (Å²) in [5.74, 6) is -0.327. The molecule has 0 aliphatic carbocycles. The van der Waals surface area contributed by atoms with Crippen LogP contribution >= 0.6 is 23.2 Å². The van der Waals surface area contributed by atoms with Gasteiger partial charge in [0.15, 0.2) is 0 Å². The molecule has 0 radical (unpaired) electrons. The van der Waals surface area contributed by atoms with E-state index in [0.717, 1.165) is 5.56 Å². The van der Waals surface area contributed by atoms with Gasteiger partial charge in [-0.05, 0) is 30.2 Å². The number of aliphatic hydroxyl groups is 1. The fraction of sp³-hybridized carbons (Fsp3) is 0.188. The highest BCUT2D eigenvalue weighted by Crippen LogP contribution is 2.21. The number of halogens is 2. The number of carbonyl (C=O) groups excluding carboxylic acids is 1. The van der Waals surface area contributed by atoms with Crippen molar-refractivity contribution in [1.82, 2.24) is 5.32 Å². The lowest BCUT2D eigenvalue weighted by atomic mass is 10.1. The normalized spacial score (nSPS) is 12.0. The molecule has 0 spiro atoms. The van der Waals surface area contributed by atoms with Gasteiger partial charge >= 0.3 is 0 Å². The van der Waals surface area contributed by atoms with Crippen molar-refractivity contribution in [3.8, 4) is 0 Å². The largest absolute Gasteiger partial charge is 0.394 e. The summed E-state index contributed by atoms with van der Waals surface area (Å²) in [4.78, 5) is 12.2. The van der Waals surface area contributed by atoms with Gasteiger partial charge in [-0.25, -0.2) is 0 Å². The number of aliphatic hydroxyl groups excluding tert-OH is 1. The Bertz CT molecular complexity index is 617. The number of rotatable bonds is 5. The fourth-order valence-corrected chi connectivity index (χ4v) is 2.49. The van der Waals surface area contributed by atoms with Crippen LogP contribution in [0.4, 0.5) is 0 Å². The van der Waals surface area contributed by atoms with E-state index in [-0.39, 0.29) is 23.6 Å². The topological polar surface area (TPSA) is 49.3 Å². The Morgan fingerprint density at radius 3 is 2.48 bits per heavy atom. The third kappa shape index (κ3) is 4.46. The number of nitrogens with one attached hydrogen (secondary N) is 1. The minimum Gasteiger partial charge on any atom is -0.394 e. The molecule has 0 heterocycles. The van der Waals surface area contributed by atoms with Crippen LogP contribution in [0.5, 0.6) is 0 Å². The second-order valence-electron chi connectivity index (χ2n) is 4.67. The van der Waals surface area contributed by atoms with E-state index in [4.69, 9.17) is 23.2 Å². The van der Waals surface area contributed by atoms with Crippen LogP contribution in [0.1, 0.15) is 15.9 Å². The van der Waals surface area contributed by atoms with Crippen LogP contribution in [0, 0.1) is 0 Å². The van der Waals surface area contributed by atoms with Crippen LogP contribution in [0.3, 0.4) is 0 Å². The van der Waals surface area contributed by atoms with Gasteiger partial charge in [-0.1, -0.05) is 53.5 Å². The van der Waals surface area contributed by atoms with Crippen LogP contribution in [-0.4, -0.2) is 23.7 Å². The number of amides is 1. The van der Waals surface area contributed by atoms with Crippen LogP contribution in [0.2, 0.25) is 10.0 Å². The molecule has 110 valence electrons. The molecule has 21 heavy (non-hydrogen) atoms. The highest BCUT2D eigenvalue weighted by molar-refractivity contribution is 6.36. The molecule has 3 nitrogen and oxygen atoms in total. The van der Waals surface area contributed by atoms with Crippen molar-refractivity contribution < 1.29 is 9.90 Å². The average Bonchev–Trinajstić information content (AvgIpc) is 2.47. The Labute approximate surface area is 133 Å². The quantitative estimate of drug-likeness (QED) is 0.886. The summed E-state index contributed by atoms with van der Waals surface area (Å²) in [5.41, 5.74) is 1.38. The standard InChI is InChI=1S/C16H15Cl2NO2/c17-12-6-7-14(15(18)9-12)16(21)19-13(10-20)8-11-4-2-1-3-5-11/h1-7,9,13,20H,8,10H2,(H,19,21)/t13-/m1/s1. The summed E-state index contributed by atoms with van der Waals surface area (Å²) in [5, 5.41) is 13.0. The summed E-state index contributed by atoms with van der Waals surface area (Å²) in [6, 6.07) is 14.0. The first kappa shape index (κ1) is 15.8. The third-order valence-corrected chi connectivity index (χ3v) is 3.60. The molecule has 2 rings (SSSR count). The van der Waals surface area contributed by atoms with Crippen molar-refractivity contribution in [3.05, 3.63) is 69.7 Å². The molecule has 0 unspecified atom stereocenters. The molecule has 5 heteroatoms. The monoisotopic (exact) mass is 323 g/mol. The molecular weight excluding hydrogens is 309 g/mol. The van der Waals surface area contributed by atoms with Gasteiger partial charge in [0.2, 0.25) is 0 Å². The zero-order valence-corrected chi connectivity index (χ0v) is 12.7. The lowest BCUT2D eigenvalue weighted by Crippen LogP contribution is -2.39. The SMILES string of the molecule is O=C(N[C@@H](CO)Cc1ccccc1)c1ccc(Cl)cc1Cl. The van der Waals surface area contributed by atoms with E-state index in [1.165, 1.54) is 6.07 Å². The highest BCUT2D eigenvalue weighted by Gasteiger charge is 2.16. The first-order valence-electron chi connectivity index (χ1n) is 6.51. The van der Waals surface area contributed by atoms with E-state index < -0.39 is 0 Å². The number of carbonyl (C=O) groups is 1. The van der Waals surface area contributed by atoms with Crippen molar-refractivity contribution in [2.24, 2.45) is 0 Å². The zero-order valence-electron chi connectivity index (χ0n) is 11.2. The average molecular weight is 324 g/mol. The predicted octanol–water partition coefficient (Wildman–Crippen LogP) is 3.33. The number of hydrogen-bond acceptors (Lipinski definition) is 2. The lowest BCUT2D eigenvalue weighted by molar-refractivity contribution is 0.0916. The van der Waals surface area contributed by atoms with E-state index in [1.807, 2.05) is 30.3 Å². The molecular formula is C16H15Cl2NO2. The van der Waals surface area contributed by atoms with E-state index >= 15 is 0 Å². The van der Waals surface area contributed by atoms with E-state index in [0.29, 0.717) is 17.0 Å². The molecule has 0 aliphatic heterocycles. The highest BCUT2D eigenvalue weighted by atomic mass is 35.5. The molecule has 1 amide bonds. The Morgan fingerprint density at radius 1 is 1.14 bits per heavy atom. The second kappa shape index (κ2) is 7.46. The summed E-state index contributed by atoms with van der Waals surface area (Å²) < 4.78 is 0. The van der Waals surface area contributed by atoms with Crippen molar-refractivity contribution in [3.63, 3.8) is 0 Å². The molecule has 0 aromatic heterocycles. The van der Waals surface area contributed by atoms with E-state index in [1.54, 1.807) is 12.1 Å². The Hall–Kier alpha value is -1.55. The van der Waals surface area contributed by atoms with Crippen LogP contribution < -0.4 is 5.32 Å². The maximum Gasteiger partial charge on any atom is 0.253 e. The number of hydrogen-bond donors (Lipinski definition) is 2. The van der Waals surface area contributed by atoms with E-state index in [9.17, 15) is 9.90 Å². The maximum atomic E-state index is 12.2. The van der Waals surface area contributed by atoms with Gasteiger partial charge in [0.25, 0.3) is 5.91 Å². The Morgan fingerprint density at radius 2 is 1.86 bits per heavy atom. The summed E-state index contributed by atoms with van der Waals surface area (Å²) >= 11 is 11.8. The Kier molecular flexibility index (Phi) is 5.62. The van der Waals surface area contributed by atoms with Gasteiger partial charge in [-0.2, -0.15) is 0 Å².